The summed E-state index contributed by atoms with van der Waals surface area (Å²) in [5.74, 6) is -2.58. The Morgan fingerprint density at radius 3 is 2.45 bits per heavy atom. The van der Waals surface area contributed by atoms with E-state index in [-0.39, 0.29) is 41.2 Å². The van der Waals surface area contributed by atoms with Gasteiger partial charge in [-0.1, -0.05) is 35.8 Å². The van der Waals surface area contributed by atoms with Crippen LogP contribution in [0.15, 0.2) is 64.0 Å². The number of primary amides is 1. The Kier molecular flexibility index (Phi) is 8.43. The van der Waals surface area contributed by atoms with Crippen molar-refractivity contribution in [2.45, 2.75) is 32.2 Å². The van der Waals surface area contributed by atoms with Crippen LogP contribution in [0.4, 0.5) is 13.2 Å². The van der Waals surface area contributed by atoms with Gasteiger partial charge in [-0.25, -0.2) is 13.2 Å². The number of nitrogens with zero attached hydrogens (tertiary/aromatic N) is 2. The molecule has 1 unspecified atom stereocenters. The number of halogens is 4. The third kappa shape index (κ3) is 5.79. The summed E-state index contributed by atoms with van der Waals surface area (Å²) in [7, 11) is 1.37. The number of methoxy groups -OCH3 is 1. The Morgan fingerprint density at radius 2 is 1.85 bits per heavy atom. The third-order valence-corrected chi connectivity index (χ3v) is 6.56. The molecule has 0 saturated carbocycles. The van der Waals surface area contributed by atoms with Crippen molar-refractivity contribution in [1.82, 2.24) is 9.72 Å². The van der Waals surface area contributed by atoms with Gasteiger partial charge in [0.25, 0.3) is 17.9 Å². The van der Waals surface area contributed by atoms with Crippen LogP contribution in [0.1, 0.15) is 47.5 Å². The molecular formula is C28H23ClF3N3O5. The maximum atomic E-state index is 14.2. The summed E-state index contributed by atoms with van der Waals surface area (Å²) < 4.78 is 51.9. The molecule has 0 fully saturated rings. The Bertz CT molecular complexity index is 1650. The highest BCUT2D eigenvalue weighted by Crippen LogP contribution is 2.39. The monoisotopic (exact) mass is 573 g/mol. The third-order valence-electron chi connectivity index (χ3n) is 6.33. The van der Waals surface area contributed by atoms with Crippen LogP contribution in [-0.2, 0) is 11.2 Å². The van der Waals surface area contributed by atoms with Gasteiger partial charge in [0.2, 0.25) is 5.76 Å². The Hall–Kier alpha value is -4.38. The number of Topliss-reactive ketones (excluding diaryl/α,β-unsaturated/α-hetero) is 1. The van der Waals surface area contributed by atoms with Gasteiger partial charge in [-0.2, -0.15) is 0 Å². The summed E-state index contributed by atoms with van der Waals surface area (Å²) in [6.45, 7) is 1.71. The zero-order valence-electron chi connectivity index (χ0n) is 21.3. The summed E-state index contributed by atoms with van der Waals surface area (Å²) in [6.07, 6.45) is -1.46. The molecule has 2 aromatic heterocycles. The molecule has 2 N–H and O–H groups in total. The first-order valence-corrected chi connectivity index (χ1v) is 12.4. The van der Waals surface area contributed by atoms with Crippen LogP contribution < -0.4 is 16.0 Å². The highest BCUT2D eigenvalue weighted by Gasteiger charge is 2.24. The molecule has 2 aromatic carbocycles. The molecular weight excluding hydrogens is 551 g/mol. The van der Waals surface area contributed by atoms with Crippen molar-refractivity contribution in [3.05, 3.63) is 92.8 Å². The molecule has 4 rings (SSSR count). The number of amides is 1. The van der Waals surface area contributed by atoms with Crippen LogP contribution >= 0.6 is 11.6 Å². The lowest BCUT2D eigenvalue weighted by Crippen LogP contribution is -2.30. The van der Waals surface area contributed by atoms with Crippen LogP contribution in [0, 0.1) is 5.82 Å². The molecule has 2 heterocycles. The van der Waals surface area contributed by atoms with Crippen LogP contribution in [0.2, 0.25) is 5.02 Å². The first kappa shape index (κ1) is 28.6. The average Bonchev–Trinajstić information content (AvgIpc) is 3.40. The quantitative estimate of drug-likeness (QED) is 0.257. The van der Waals surface area contributed by atoms with Gasteiger partial charge in [0, 0.05) is 34.7 Å². The van der Waals surface area contributed by atoms with E-state index in [0.29, 0.717) is 21.7 Å². The lowest BCUT2D eigenvalue weighted by molar-refractivity contribution is -0.121. The van der Waals surface area contributed by atoms with Crippen molar-refractivity contribution in [3.63, 3.8) is 0 Å². The first-order valence-electron chi connectivity index (χ1n) is 12.0. The van der Waals surface area contributed by atoms with Crippen LogP contribution in [0.3, 0.4) is 0 Å². The second-order valence-electron chi connectivity index (χ2n) is 8.85. The Labute approximate surface area is 231 Å². The van der Waals surface area contributed by atoms with E-state index in [2.05, 4.69) is 5.16 Å². The van der Waals surface area contributed by atoms with Gasteiger partial charge in [-0.15, -0.1) is 0 Å². The van der Waals surface area contributed by atoms with Crippen molar-refractivity contribution >= 4 is 23.3 Å². The second kappa shape index (κ2) is 11.8. The lowest BCUT2D eigenvalue weighted by Gasteiger charge is -2.20. The SMILES string of the molecule is CCC(C(=O)Cc1ccc(C(N)=O)c(F)c1)n1cc(OC)c(-c2cc(Cl)ccc2-c2cc(C(F)F)on2)cc1=O. The molecule has 0 aliphatic rings. The lowest BCUT2D eigenvalue weighted by atomic mass is 9.96. The molecule has 40 heavy (non-hydrogen) atoms. The predicted molar refractivity (Wildman–Crippen MR) is 141 cm³/mol. The minimum absolute atomic E-state index is 0.101. The maximum Gasteiger partial charge on any atom is 0.298 e. The molecule has 12 heteroatoms. The molecule has 8 nitrogen and oxygen atoms in total. The smallest absolute Gasteiger partial charge is 0.298 e. The topological polar surface area (TPSA) is 117 Å². The molecule has 0 bridgehead atoms. The highest BCUT2D eigenvalue weighted by atomic mass is 35.5. The van der Waals surface area contributed by atoms with Crippen LogP contribution in [0.5, 0.6) is 5.75 Å². The number of hydrogen-bond donors (Lipinski definition) is 1. The van der Waals surface area contributed by atoms with Gasteiger partial charge in [-0.3, -0.25) is 14.4 Å². The molecule has 0 aliphatic heterocycles. The fraction of sp³-hybridized carbons (Fsp3) is 0.214. The van der Waals surface area contributed by atoms with E-state index in [1.165, 1.54) is 48.2 Å². The number of benzene rings is 2. The van der Waals surface area contributed by atoms with E-state index in [1.807, 2.05) is 0 Å². The largest absolute Gasteiger partial charge is 0.495 e. The molecule has 0 saturated heterocycles. The molecule has 0 aliphatic carbocycles. The molecule has 208 valence electrons. The summed E-state index contributed by atoms with van der Waals surface area (Å²) in [5, 5.41) is 4.03. The normalized spacial score (nSPS) is 12.0. The Balaban J connectivity index is 1.73. The minimum Gasteiger partial charge on any atom is -0.495 e. The summed E-state index contributed by atoms with van der Waals surface area (Å²) in [6, 6.07) is 9.72. The predicted octanol–water partition coefficient (Wildman–Crippen LogP) is 5.77. The van der Waals surface area contributed by atoms with E-state index in [4.69, 9.17) is 26.6 Å². The molecule has 1 amide bonds. The summed E-state index contributed by atoms with van der Waals surface area (Å²) >= 11 is 6.22. The fourth-order valence-electron chi connectivity index (χ4n) is 4.39. The van der Waals surface area contributed by atoms with E-state index < -0.39 is 35.5 Å². The zero-order valence-corrected chi connectivity index (χ0v) is 22.0. The van der Waals surface area contributed by atoms with Crippen LogP contribution in [-0.4, -0.2) is 28.5 Å². The Morgan fingerprint density at radius 1 is 1.10 bits per heavy atom. The maximum absolute atomic E-state index is 14.2. The van der Waals surface area contributed by atoms with Gasteiger partial charge in [0.05, 0.1) is 24.9 Å². The highest BCUT2D eigenvalue weighted by molar-refractivity contribution is 6.31. The van der Waals surface area contributed by atoms with E-state index in [1.54, 1.807) is 13.0 Å². The van der Waals surface area contributed by atoms with Crippen molar-refractivity contribution < 1.29 is 32.0 Å². The molecule has 0 radical (unpaired) electrons. The van der Waals surface area contributed by atoms with Gasteiger partial charge in [0.15, 0.2) is 5.78 Å². The second-order valence-corrected chi connectivity index (χ2v) is 9.29. The molecule has 1 atom stereocenters. The fourth-order valence-corrected chi connectivity index (χ4v) is 4.57. The minimum atomic E-state index is -2.86. The number of aromatic nitrogens is 2. The van der Waals surface area contributed by atoms with E-state index >= 15 is 0 Å². The van der Waals surface area contributed by atoms with Crippen molar-refractivity contribution in [2.75, 3.05) is 7.11 Å². The van der Waals surface area contributed by atoms with Gasteiger partial charge in [0.1, 0.15) is 17.3 Å². The number of pyridine rings is 1. The van der Waals surface area contributed by atoms with Crippen molar-refractivity contribution in [1.29, 1.82) is 0 Å². The number of ketones is 1. The zero-order chi connectivity index (χ0) is 29.1. The van der Waals surface area contributed by atoms with Crippen molar-refractivity contribution in [3.8, 4) is 28.1 Å². The van der Waals surface area contributed by atoms with Gasteiger partial charge >= 0.3 is 0 Å². The van der Waals surface area contributed by atoms with Gasteiger partial charge < -0.3 is 19.6 Å². The van der Waals surface area contributed by atoms with E-state index in [0.717, 1.165) is 12.1 Å². The standard InChI is InChI=1S/C28H23ClF3N3O5/c1-3-22(23(36)9-14-4-6-17(28(33)38)20(30)8-14)35-13-25(39-2)19(11-26(35)37)18-10-15(29)5-7-16(18)21-12-24(27(31)32)40-34-21/h4-8,10-13,22,27H,3,9H2,1-2H3,(H2,33,38). The molecule has 4 aromatic rings. The van der Waals surface area contributed by atoms with Crippen molar-refractivity contribution in [2.24, 2.45) is 5.73 Å². The number of carbonyl (C=O) groups is 2. The first-order chi connectivity index (χ1) is 19.0. The number of carbonyl (C=O) groups excluding carboxylic acids is 2. The van der Waals surface area contributed by atoms with Crippen LogP contribution in [0.25, 0.3) is 22.4 Å². The molecule has 0 spiro atoms. The van der Waals surface area contributed by atoms with E-state index in [9.17, 15) is 27.6 Å². The number of ether oxygens (including phenoxy) is 1. The number of alkyl halides is 2. The number of rotatable bonds is 10. The average molecular weight is 574 g/mol. The van der Waals surface area contributed by atoms with Gasteiger partial charge in [-0.05, 0) is 41.8 Å². The summed E-state index contributed by atoms with van der Waals surface area (Å²) in [4.78, 5) is 37.8. The number of hydrogen-bond acceptors (Lipinski definition) is 6. The number of nitrogens with two attached hydrogens (primary N) is 1. The summed E-state index contributed by atoms with van der Waals surface area (Å²) in [5.41, 5.74) is 5.71.